The number of allylic oxidation sites excluding steroid dienone is 1. The summed E-state index contributed by atoms with van der Waals surface area (Å²) in [6.07, 6.45) is 4.51. The van der Waals surface area contributed by atoms with E-state index >= 15 is 0 Å². The Balaban J connectivity index is 1.55. The molecule has 1 atom stereocenters. The number of carbonyl (C=O) groups is 1. The molecule has 8 heteroatoms. The minimum atomic E-state index is -0.531. The average Bonchev–Trinajstić information content (AvgIpc) is 2.75. The van der Waals surface area contributed by atoms with Gasteiger partial charge in [0.15, 0.2) is 0 Å². The Bertz CT molecular complexity index is 802. The maximum atomic E-state index is 12.4. The van der Waals surface area contributed by atoms with Gasteiger partial charge in [-0.15, -0.1) is 0 Å². The molecule has 2 aliphatic rings. The van der Waals surface area contributed by atoms with Gasteiger partial charge in [0.25, 0.3) is 5.91 Å². The summed E-state index contributed by atoms with van der Waals surface area (Å²) >= 11 is 0. The third-order valence-electron chi connectivity index (χ3n) is 5.28. The Morgan fingerprint density at radius 3 is 2.64 bits per heavy atom. The van der Waals surface area contributed by atoms with Gasteiger partial charge in [0, 0.05) is 25.8 Å². The zero-order valence-corrected chi connectivity index (χ0v) is 15.6. The lowest BCUT2D eigenvalue weighted by molar-refractivity contribution is 0.0933. The number of nitrogens with one attached hydrogen (secondary N) is 2. The molecule has 3 rings (SSSR count). The van der Waals surface area contributed by atoms with Crippen molar-refractivity contribution in [2.24, 2.45) is 5.92 Å². The van der Waals surface area contributed by atoms with Crippen LogP contribution in [0.25, 0.3) is 0 Å². The van der Waals surface area contributed by atoms with E-state index in [1.54, 1.807) is 24.1 Å². The van der Waals surface area contributed by atoms with Crippen LogP contribution in [0.4, 0.5) is 0 Å². The molecule has 2 aliphatic heterocycles. The molecule has 1 unspecified atom stereocenters. The number of likely N-dealkylation sites (tertiary alicyclic amines) is 1. The van der Waals surface area contributed by atoms with Crippen molar-refractivity contribution >= 4 is 17.8 Å². The number of aromatic nitrogens is 1. The number of nitrogens with zero attached hydrogens (tertiary/aromatic N) is 2. The zero-order valence-electron chi connectivity index (χ0n) is 15.6. The van der Waals surface area contributed by atoms with Crippen LogP contribution in [0.1, 0.15) is 41.7 Å². The first-order chi connectivity index (χ1) is 13.6. The molecule has 0 aromatic carbocycles. The molecule has 1 amide bonds. The van der Waals surface area contributed by atoms with Gasteiger partial charge in [0.2, 0.25) is 0 Å². The van der Waals surface area contributed by atoms with Crippen molar-refractivity contribution in [3.63, 3.8) is 0 Å². The molecular weight excluding hydrogens is 360 g/mol. The number of aliphatic hydroxyl groups excluding tert-OH is 1. The number of rotatable bonds is 5. The Kier molecular flexibility index (Phi) is 6.74. The molecular formula is C20H24N4O4. The van der Waals surface area contributed by atoms with Crippen LogP contribution in [0.5, 0.6) is 0 Å². The van der Waals surface area contributed by atoms with Crippen molar-refractivity contribution in [3.8, 4) is 0 Å². The normalized spacial score (nSPS) is 20.8. The van der Waals surface area contributed by atoms with Crippen molar-refractivity contribution in [1.29, 1.82) is 0 Å². The number of amides is 1. The van der Waals surface area contributed by atoms with Crippen LogP contribution >= 0.6 is 0 Å². The maximum Gasteiger partial charge on any atom is 0.270 e. The number of hydrogen-bond donors (Lipinski definition) is 3. The second-order valence-electron chi connectivity index (χ2n) is 7.24. The van der Waals surface area contributed by atoms with Crippen LogP contribution in [-0.2, 0) is 16.1 Å². The van der Waals surface area contributed by atoms with Gasteiger partial charge in [-0.3, -0.25) is 14.7 Å². The lowest BCUT2D eigenvalue weighted by atomic mass is 9.97. The summed E-state index contributed by atoms with van der Waals surface area (Å²) in [6.45, 7) is 2.91. The fourth-order valence-electron chi connectivity index (χ4n) is 3.53. The predicted octanol–water partition coefficient (Wildman–Crippen LogP) is 0.199. The molecule has 0 saturated carbocycles. The summed E-state index contributed by atoms with van der Waals surface area (Å²) in [5.41, 5.74) is 1.70. The summed E-state index contributed by atoms with van der Waals surface area (Å²) in [5, 5.41) is 14.6. The van der Waals surface area contributed by atoms with Gasteiger partial charge in [-0.25, -0.2) is 9.59 Å². The molecule has 2 fully saturated rings. The highest BCUT2D eigenvalue weighted by Crippen LogP contribution is 2.19. The van der Waals surface area contributed by atoms with E-state index in [0.717, 1.165) is 38.0 Å². The van der Waals surface area contributed by atoms with Crippen molar-refractivity contribution in [2.75, 3.05) is 19.7 Å². The van der Waals surface area contributed by atoms with E-state index < -0.39 is 6.04 Å². The van der Waals surface area contributed by atoms with E-state index in [0.29, 0.717) is 18.8 Å². The smallest absolute Gasteiger partial charge is 0.270 e. The minimum absolute atomic E-state index is 0.126. The van der Waals surface area contributed by atoms with E-state index in [9.17, 15) is 19.5 Å². The summed E-state index contributed by atoms with van der Waals surface area (Å²) in [7, 11) is 0. The van der Waals surface area contributed by atoms with Gasteiger partial charge in [0.05, 0.1) is 6.04 Å². The standard InChI is InChI=1S/C20H24N4O4/c25-11-14-5-7-24(8-6-14)10-15-1-3-18(21-9-15)20(28)23-17-4-2-16(12-26)22-19(17)13-27/h1,3,9,14,17,22,25H,2,4-8,10-11H2,(H,23,28). The topological polar surface area (TPSA) is 112 Å². The van der Waals surface area contributed by atoms with Gasteiger partial charge in [0.1, 0.15) is 29.0 Å². The molecule has 0 radical (unpaired) electrons. The van der Waals surface area contributed by atoms with E-state index in [1.165, 1.54) is 0 Å². The van der Waals surface area contributed by atoms with Crippen LogP contribution in [0.3, 0.4) is 0 Å². The predicted molar refractivity (Wildman–Crippen MR) is 101 cm³/mol. The fourth-order valence-corrected chi connectivity index (χ4v) is 3.53. The molecule has 0 aliphatic carbocycles. The number of aliphatic hydroxyl groups is 1. The maximum absolute atomic E-state index is 12.4. The summed E-state index contributed by atoms with van der Waals surface area (Å²) in [6, 6.07) is 3.02. The SMILES string of the molecule is O=C=C1CCC(NC(=O)c2ccc(CN3CCC(CO)CC3)cn2)C(=C=O)N1. The first kappa shape index (κ1) is 20.0. The first-order valence-corrected chi connectivity index (χ1v) is 9.48. The van der Waals surface area contributed by atoms with Crippen LogP contribution in [0, 0.1) is 5.92 Å². The van der Waals surface area contributed by atoms with E-state index in [1.807, 2.05) is 6.07 Å². The minimum Gasteiger partial charge on any atom is -0.396 e. The molecule has 8 nitrogen and oxygen atoms in total. The van der Waals surface area contributed by atoms with Crippen molar-refractivity contribution in [2.45, 2.75) is 38.3 Å². The first-order valence-electron chi connectivity index (χ1n) is 9.48. The molecule has 1 aromatic rings. The number of piperidine rings is 2. The molecule has 28 heavy (non-hydrogen) atoms. The van der Waals surface area contributed by atoms with Gasteiger partial charge in [-0.1, -0.05) is 6.07 Å². The van der Waals surface area contributed by atoms with Crippen molar-refractivity contribution < 1.29 is 19.5 Å². The lowest BCUT2D eigenvalue weighted by Crippen LogP contribution is -2.43. The number of carbonyl (C=O) groups excluding carboxylic acids is 3. The zero-order chi connectivity index (χ0) is 19.9. The molecule has 0 spiro atoms. The summed E-state index contributed by atoms with van der Waals surface area (Å²) in [4.78, 5) is 40.8. The Morgan fingerprint density at radius 2 is 2.04 bits per heavy atom. The van der Waals surface area contributed by atoms with Gasteiger partial charge < -0.3 is 15.7 Å². The molecule has 3 heterocycles. The Labute approximate surface area is 163 Å². The van der Waals surface area contributed by atoms with E-state index in [2.05, 4.69) is 20.5 Å². The quantitative estimate of drug-likeness (QED) is 0.622. The van der Waals surface area contributed by atoms with E-state index in [4.69, 9.17) is 0 Å². The Morgan fingerprint density at radius 1 is 1.25 bits per heavy atom. The second kappa shape index (κ2) is 9.44. The lowest BCUT2D eigenvalue weighted by Gasteiger charge is -2.30. The third kappa shape index (κ3) is 4.94. The highest BCUT2D eigenvalue weighted by molar-refractivity contribution is 5.92. The molecule has 148 valence electrons. The third-order valence-corrected chi connectivity index (χ3v) is 5.28. The molecule has 0 bridgehead atoms. The summed E-state index contributed by atoms with van der Waals surface area (Å²) in [5.74, 6) is 3.49. The van der Waals surface area contributed by atoms with E-state index in [-0.39, 0.29) is 29.6 Å². The van der Waals surface area contributed by atoms with Gasteiger partial charge in [-0.2, -0.15) is 0 Å². The highest BCUT2D eigenvalue weighted by atomic mass is 16.3. The molecule has 2 saturated heterocycles. The van der Waals surface area contributed by atoms with Gasteiger partial charge in [-0.05, 0) is 49.9 Å². The summed E-state index contributed by atoms with van der Waals surface area (Å²) < 4.78 is 0. The largest absolute Gasteiger partial charge is 0.396 e. The van der Waals surface area contributed by atoms with Crippen LogP contribution in [-0.4, -0.2) is 58.5 Å². The van der Waals surface area contributed by atoms with Crippen LogP contribution in [0.15, 0.2) is 29.7 Å². The monoisotopic (exact) mass is 384 g/mol. The van der Waals surface area contributed by atoms with Crippen molar-refractivity contribution in [1.82, 2.24) is 20.5 Å². The Hall–Kier alpha value is -2.76. The van der Waals surface area contributed by atoms with Crippen LogP contribution in [0.2, 0.25) is 0 Å². The molecule has 3 N–H and O–H groups in total. The number of pyridine rings is 1. The molecule has 1 aromatic heterocycles. The second-order valence-corrected chi connectivity index (χ2v) is 7.24. The van der Waals surface area contributed by atoms with Gasteiger partial charge >= 0.3 is 0 Å². The fraction of sp³-hybridized carbons (Fsp3) is 0.500. The average molecular weight is 384 g/mol. The van der Waals surface area contributed by atoms with Crippen molar-refractivity contribution in [3.05, 3.63) is 41.0 Å². The van der Waals surface area contributed by atoms with Crippen LogP contribution < -0.4 is 10.6 Å². The number of hydrogen-bond acceptors (Lipinski definition) is 7. The highest BCUT2D eigenvalue weighted by Gasteiger charge is 2.25.